The fourth-order valence-corrected chi connectivity index (χ4v) is 7.43. The van der Waals surface area contributed by atoms with E-state index in [9.17, 15) is 0 Å². The van der Waals surface area contributed by atoms with Crippen LogP contribution in [0.5, 0.6) is 0 Å². The maximum absolute atomic E-state index is 6.84. The summed E-state index contributed by atoms with van der Waals surface area (Å²) in [5, 5.41) is 2.29. The second-order valence-corrected chi connectivity index (χ2v) is 11.6. The minimum atomic E-state index is -0.447. The van der Waals surface area contributed by atoms with Gasteiger partial charge >= 0.3 is 0 Å². The Morgan fingerprint density at radius 1 is 0.364 bits per heavy atom. The Balaban J connectivity index is 1.29. The molecule has 8 aromatic rings. The van der Waals surface area contributed by atoms with E-state index in [1.807, 2.05) is 0 Å². The Kier molecular flexibility index (Phi) is 5.48. The summed E-state index contributed by atoms with van der Waals surface area (Å²) in [5.74, 6) is 0. The van der Waals surface area contributed by atoms with Gasteiger partial charge in [0.25, 0.3) is 0 Å². The summed E-state index contributed by atoms with van der Waals surface area (Å²) in [5.41, 5.74) is 13.7. The first-order chi connectivity index (χ1) is 21.8. The third-order valence-electron chi connectivity index (χ3n) is 9.38. The van der Waals surface area contributed by atoms with E-state index in [0.29, 0.717) is 0 Å². The Labute approximate surface area is 256 Å². The highest BCUT2D eigenvalue weighted by molar-refractivity contribution is 6.12. The number of fused-ring (bicyclic) bond motifs is 6. The van der Waals surface area contributed by atoms with Crippen LogP contribution in [-0.4, -0.2) is 0 Å². The van der Waals surface area contributed by atoms with Gasteiger partial charge in [0.2, 0.25) is 0 Å². The second kappa shape index (κ2) is 9.69. The summed E-state index contributed by atoms with van der Waals surface area (Å²) < 4.78 is 6.84. The molecule has 1 heterocycles. The van der Waals surface area contributed by atoms with Crippen LogP contribution < -0.4 is 0 Å². The Bertz CT molecular complexity index is 2250. The van der Waals surface area contributed by atoms with E-state index in [-0.39, 0.29) is 0 Å². The lowest BCUT2D eigenvalue weighted by Gasteiger charge is -2.33. The highest BCUT2D eigenvalue weighted by atomic mass is 16.3. The molecule has 44 heavy (non-hydrogen) atoms. The highest BCUT2D eigenvalue weighted by Gasteiger charge is 2.46. The van der Waals surface area contributed by atoms with Crippen LogP contribution >= 0.6 is 0 Å². The molecule has 0 radical (unpaired) electrons. The van der Waals surface area contributed by atoms with E-state index in [1.54, 1.807) is 0 Å². The van der Waals surface area contributed by atoms with Gasteiger partial charge in [-0.3, -0.25) is 0 Å². The monoisotopic (exact) mass is 560 g/mol. The van der Waals surface area contributed by atoms with Crippen LogP contribution in [0.1, 0.15) is 22.3 Å². The number of benzene rings is 7. The van der Waals surface area contributed by atoms with E-state index in [2.05, 4.69) is 170 Å². The molecule has 1 aromatic heterocycles. The van der Waals surface area contributed by atoms with Gasteiger partial charge in [-0.2, -0.15) is 0 Å². The summed E-state index contributed by atoms with van der Waals surface area (Å²) in [6.07, 6.45) is 0. The second-order valence-electron chi connectivity index (χ2n) is 11.6. The molecule has 0 bridgehead atoms. The van der Waals surface area contributed by atoms with Gasteiger partial charge in [-0.15, -0.1) is 0 Å². The minimum absolute atomic E-state index is 0.447. The highest BCUT2D eigenvalue weighted by Crippen LogP contribution is 2.57. The summed E-state index contributed by atoms with van der Waals surface area (Å²) >= 11 is 0. The molecule has 1 nitrogen and oxygen atoms in total. The van der Waals surface area contributed by atoms with Crippen LogP contribution in [0.3, 0.4) is 0 Å². The minimum Gasteiger partial charge on any atom is -0.455 e. The van der Waals surface area contributed by atoms with Crippen molar-refractivity contribution >= 4 is 21.9 Å². The van der Waals surface area contributed by atoms with Crippen molar-refractivity contribution in [1.29, 1.82) is 0 Å². The standard InChI is InChI=1S/C43H28O/c1-4-13-29(14-5-1)30-23-25-31(26-24-30)34-20-12-21-36-38-27-37-35-19-10-11-22-39(35)43(32-15-6-2-7-16-32,33-17-8-3-9-18-33)40(37)28-41(38)44-42(34)36/h1-28H. The molecule has 0 atom stereocenters. The van der Waals surface area contributed by atoms with E-state index in [4.69, 9.17) is 4.42 Å². The number of furan rings is 1. The predicted octanol–water partition coefficient (Wildman–Crippen LogP) is 11.3. The lowest BCUT2D eigenvalue weighted by Crippen LogP contribution is -2.28. The molecule has 206 valence electrons. The van der Waals surface area contributed by atoms with Gasteiger partial charge in [-0.25, -0.2) is 0 Å². The maximum Gasteiger partial charge on any atom is 0.143 e. The predicted molar refractivity (Wildman–Crippen MR) is 182 cm³/mol. The molecule has 1 aliphatic rings. The Morgan fingerprint density at radius 3 is 1.64 bits per heavy atom. The van der Waals surface area contributed by atoms with Gasteiger partial charge < -0.3 is 4.42 Å². The fourth-order valence-electron chi connectivity index (χ4n) is 7.43. The fraction of sp³-hybridized carbons (Fsp3) is 0.0233. The third kappa shape index (κ3) is 3.53. The number of para-hydroxylation sites is 1. The molecule has 7 aromatic carbocycles. The molecule has 0 aliphatic heterocycles. The zero-order chi connectivity index (χ0) is 29.1. The molecule has 1 aliphatic carbocycles. The van der Waals surface area contributed by atoms with Gasteiger partial charge in [0.15, 0.2) is 0 Å². The molecule has 0 saturated heterocycles. The molecule has 0 N–H and O–H groups in total. The lowest BCUT2D eigenvalue weighted by atomic mass is 9.67. The summed E-state index contributed by atoms with van der Waals surface area (Å²) in [4.78, 5) is 0. The van der Waals surface area contributed by atoms with Crippen LogP contribution in [0.4, 0.5) is 0 Å². The van der Waals surface area contributed by atoms with Crippen molar-refractivity contribution in [3.8, 4) is 33.4 Å². The van der Waals surface area contributed by atoms with Crippen molar-refractivity contribution in [1.82, 2.24) is 0 Å². The van der Waals surface area contributed by atoms with E-state index in [1.165, 1.54) is 44.5 Å². The topological polar surface area (TPSA) is 13.1 Å². The van der Waals surface area contributed by atoms with Crippen molar-refractivity contribution < 1.29 is 4.42 Å². The van der Waals surface area contributed by atoms with Crippen molar-refractivity contribution in [2.45, 2.75) is 5.41 Å². The first kappa shape index (κ1) is 24.9. The molecule has 0 saturated carbocycles. The average molecular weight is 561 g/mol. The molecule has 0 fully saturated rings. The van der Waals surface area contributed by atoms with Crippen LogP contribution in [0.15, 0.2) is 174 Å². The normalized spacial score (nSPS) is 13.2. The summed E-state index contributed by atoms with van der Waals surface area (Å²) in [6.45, 7) is 0. The number of hydrogen-bond acceptors (Lipinski definition) is 1. The largest absolute Gasteiger partial charge is 0.455 e. The zero-order valence-electron chi connectivity index (χ0n) is 24.1. The number of rotatable bonds is 4. The summed E-state index contributed by atoms with van der Waals surface area (Å²) in [6, 6.07) is 61.3. The zero-order valence-corrected chi connectivity index (χ0v) is 24.1. The van der Waals surface area contributed by atoms with Crippen molar-refractivity contribution in [3.05, 3.63) is 192 Å². The summed E-state index contributed by atoms with van der Waals surface area (Å²) in [7, 11) is 0. The first-order valence-corrected chi connectivity index (χ1v) is 15.2. The van der Waals surface area contributed by atoms with Gasteiger partial charge in [-0.1, -0.05) is 158 Å². The number of hydrogen-bond donors (Lipinski definition) is 0. The van der Waals surface area contributed by atoms with E-state index in [0.717, 1.165) is 33.1 Å². The van der Waals surface area contributed by atoms with E-state index >= 15 is 0 Å². The molecular formula is C43H28O. The van der Waals surface area contributed by atoms with Crippen molar-refractivity contribution in [3.63, 3.8) is 0 Å². The Morgan fingerprint density at radius 2 is 0.932 bits per heavy atom. The molecular weight excluding hydrogens is 532 g/mol. The quantitative estimate of drug-likeness (QED) is 0.209. The van der Waals surface area contributed by atoms with Crippen LogP contribution in [-0.2, 0) is 5.41 Å². The molecule has 9 rings (SSSR count). The van der Waals surface area contributed by atoms with E-state index < -0.39 is 5.41 Å². The van der Waals surface area contributed by atoms with Crippen LogP contribution in [0.2, 0.25) is 0 Å². The van der Waals surface area contributed by atoms with Crippen LogP contribution in [0, 0.1) is 0 Å². The smallest absolute Gasteiger partial charge is 0.143 e. The molecule has 1 heteroatoms. The molecule has 0 spiro atoms. The lowest BCUT2D eigenvalue weighted by molar-refractivity contribution is 0.667. The average Bonchev–Trinajstić information content (AvgIpc) is 3.62. The first-order valence-electron chi connectivity index (χ1n) is 15.2. The van der Waals surface area contributed by atoms with Crippen molar-refractivity contribution in [2.75, 3.05) is 0 Å². The molecule has 0 amide bonds. The SMILES string of the molecule is c1ccc(-c2ccc(-c3cccc4c3oc3cc5c(cc34)-c3ccccc3C5(c3ccccc3)c3ccccc3)cc2)cc1. The van der Waals surface area contributed by atoms with Gasteiger partial charge in [0, 0.05) is 16.3 Å². The van der Waals surface area contributed by atoms with Gasteiger partial charge in [0.05, 0.1) is 5.41 Å². The van der Waals surface area contributed by atoms with Crippen LogP contribution in [0.25, 0.3) is 55.3 Å². The van der Waals surface area contributed by atoms with Gasteiger partial charge in [0.1, 0.15) is 11.2 Å². The molecule has 0 unspecified atom stereocenters. The van der Waals surface area contributed by atoms with Crippen molar-refractivity contribution in [2.24, 2.45) is 0 Å². The third-order valence-corrected chi connectivity index (χ3v) is 9.38. The Hall–Kier alpha value is -5.66. The maximum atomic E-state index is 6.84. The van der Waals surface area contributed by atoms with Gasteiger partial charge in [-0.05, 0) is 62.2 Å².